The third kappa shape index (κ3) is 1.08. The zero-order chi connectivity index (χ0) is 9.64. The van der Waals surface area contributed by atoms with Crippen molar-refractivity contribution in [3.63, 3.8) is 0 Å². The predicted molar refractivity (Wildman–Crippen MR) is 51.1 cm³/mol. The summed E-state index contributed by atoms with van der Waals surface area (Å²) in [7, 11) is 0. The van der Waals surface area contributed by atoms with Crippen LogP contribution in [0.1, 0.15) is 33.6 Å². The van der Waals surface area contributed by atoms with Crippen LogP contribution in [0.15, 0.2) is 4.99 Å². The largest absolute Gasteiger partial charge is 0.235 e. The van der Waals surface area contributed by atoms with Crippen LogP contribution in [-0.4, -0.2) is 12.1 Å². The predicted octanol–water partition coefficient (Wildman–Crippen LogP) is 2.39. The monoisotopic (exact) mass is 179 g/mol. The summed E-state index contributed by atoms with van der Waals surface area (Å²) in [6.45, 7) is 6.93. The summed E-state index contributed by atoms with van der Waals surface area (Å²) in [4.78, 5) is 14.1. The number of isocyanates is 1. The Morgan fingerprint density at radius 1 is 1.38 bits per heavy atom. The molecule has 0 aromatic heterocycles. The van der Waals surface area contributed by atoms with Gasteiger partial charge in [0.05, 0.1) is 6.04 Å². The maximum absolute atomic E-state index is 10.2. The molecule has 4 atom stereocenters. The minimum absolute atomic E-state index is 0.259. The highest BCUT2D eigenvalue weighted by Crippen LogP contribution is 2.61. The van der Waals surface area contributed by atoms with Gasteiger partial charge in [0.2, 0.25) is 6.08 Å². The lowest BCUT2D eigenvalue weighted by molar-refractivity contribution is -0.108. The second-order valence-corrected chi connectivity index (χ2v) is 5.24. The van der Waals surface area contributed by atoms with E-state index < -0.39 is 0 Å². The van der Waals surface area contributed by atoms with Gasteiger partial charge < -0.3 is 0 Å². The van der Waals surface area contributed by atoms with Crippen LogP contribution in [0.5, 0.6) is 0 Å². The molecule has 0 radical (unpaired) electrons. The van der Waals surface area contributed by atoms with E-state index in [0.29, 0.717) is 11.3 Å². The molecule has 3 rings (SSSR count). The zero-order valence-electron chi connectivity index (χ0n) is 8.58. The van der Waals surface area contributed by atoms with Gasteiger partial charge in [-0.1, -0.05) is 20.8 Å². The fourth-order valence-corrected chi connectivity index (χ4v) is 3.36. The van der Waals surface area contributed by atoms with Crippen LogP contribution in [0.25, 0.3) is 0 Å². The van der Waals surface area contributed by atoms with Crippen molar-refractivity contribution in [2.75, 3.05) is 0 Å². The van der Waals surface area contributed by atoms with Crippen LogP contribution in [0.2, 0.25) is 0 Å². The number of carbonyl (C=O) groups excluding carboxylic acids is 1. The van der Waals surface area contributed by atoms with E-state index in [0.717, 1.165) is 18.3 Å². The van der Waals surface area contributed by atoms with Crippen molar-refractivity contribution in [1.29, 1.82) is 0 Å². The molecule has 0 aromatic carbocycles. The summed E-state index contributed by atoms with van der Waals surface area (Å²) in [5, 5.41) is 0. The van der Waals surface area contributed by atoms with E-state index in [1.165, 1.54) is 6.42 Å². The van der Waals surface area contributed by atoms with E-state index >= 15 is 0 Å². The molecule has 0 aliphatic heterocycles. The molecule has 2 nitrogen and oxygen atoms in total. The van der Waals surface area contributed by atoms with Crippen molar-refractivity contribution in [2.45, 2.75) is 39.7 Å². The van der Waals surface area contributed by atoms with E-state index in [-0.39, 0.29) is 6.04 Å². The van der Waals surface area contributed by atoms with E-state index in [9.17, 15) is 4.79 Å². The quantitative estimate of drug-likeness (QED) is 0.449. The number of nitrogens with zero attached hydrogens (tertiary/aromatic N) is 1. The van der Waals surface area contributed by atoms with Gasteiger partial charge in [-0.05, 0) is 36.0 Å². The van der Waals surface area contributed by atoms with Gasteiger partial charge >= 0.3 is 0 Å². The van der Waals surface area contributed by atoms with Gasteiger partial charge in [-0.3, -0.25) is 0 Å². The Balaban J connectivity index is 2.16. The normalized spacial score (nSPS) is 46.1. The molecule has 3 aliphatic carbocycles. The number of hydrogen-bond donors (Lipinski definition) is 0. The van der Waals surface area contributed by atoms with Gasteiger partial charge in [-0.2, -0.15) is 0 Å². The molecule has 0 aromatic rings. The zero-order valence-corrected chi connectivity index (χ0v) is 8.58. The van der Waals surface area contributed by atoms with E-state index in [4.69, 9.17) is 0 Å². The lowest BCUT2D eigenvalue weighted by Gasteiger charge is -2.61. The van der Waals surface area contributed by atoms with Gasteiger partial charge in [0.25, 0.3) is 0 Å². The minimum atomic E-state index is 0.259. The van der Waals surface area contributed by atoms with Crippen LogP contribution in [0, 0.1) is 23.2 Å². The van der Waals surface area contributed by atoms with Crippen LogP contribution < -0.4 is 0 Å². The number of aliphatic imine (C=N–C) groups is 1. The minimum Gasteiger partial charge on any atom is -0.211 e. The summed E-state index contributed by atoms with van der Waals surface area (Å²) in [6.07, 6.45) is 4.15. The summed E-state index contributed by atoms with van der Waals surface area (Å²) in [5.74, 6) is 2.13. The number of rotatable bonds is 1. The van der Waals surface area contributed by atoms with Crippen molar-refractivity contribution in [2.24, 2.45) is 28.2 Å². The third-order valence-corrected chi connectivity index (χ3v) is 4.53. The summed E-state index contributed by atoms with van der Waals surface area (Å²) in [5.41, 5.74) is 0.494. The van der Waals surface area contributed by atoms with Crippen LogP contribution >= 0.6 is 0 Å². The average molecular weight is 179 g/mol. The van der Waals surface area contributed by atoms with Crippen LogP contribution in [0.3, 0.4) is 0 Å². The Labute approximate surface area is 79.4 Å². The molecule has 0 N–H and O–H groups in total. The van der Waals surface area contributed by atoms with Crippen molar-refractivity contribution in [3.05, 3.63) is 0 Å². The molecule has 13 heavy (non-hydrogen) atoms. The molecular weight excluding hydrogens is 162 g/mol. The van der Waals surface area contributed by atoms with Crippen molar-refractivity contribution in [1.82, 2.24) is 0 Å². The molecule has 0 heterocycles. The second-order valence-electron chi connectivity index (χ2n) is 5.24. The van der Waals surface area contributed by atoms with Gasteiger partial charge in [-0.25, -0.2) is 9.79 Å². The first-order chi connectivity index (χ1) is 6.07. The molecular formula is C11H17NO. The topological polar surface area (TPSA) is 29.4 Å². The van der Waals surface area contributed by atoms with Gasteiger partial charge in [0.15, 0.2) is 0 Å². The van der Waals surface area contributed by atoms with Gasteiger partial charge in [0.1, 0.15) is 0 Å². The fraction of sp³-hybridized carbons (Fsp3) is 0.909. The SMILES string of the molecule is C[C@@H]1[C@@H](N=C=O)C[C@@H]2C[C@@H]1C2(C)C. The number of fused-ring (bicyclic) bond motifs is 2. The molecule has 2 bridgehead atoms. The van der Waals surface area contributed by atoms with E-state index in [1.54, 1.807) is 6.08 Å². The second kappa shape index (κ2) is 2.68. The maximum atomic E-state index is 10.2. The molecule has 0 spiro atoms. The van der Waals surface area contributed by atoms with E-state index in [1.807, 2.05) is 0 Å². The van der Waals surface area contributed by atoms with E-state index in [2.05, 4.69) is 25.8 Å². The molecule has 0 saturated heterocycles. The highest BCUT2D eigenvalue weighted by molar-refractivity contribution is 5.34. The molecule has 3 aliphatic rings. The summed E-state index contributed by atoms with van der Waals surface area (Å²) >= 11 is 0. The Morgan fingerprint density at radius 2 is 2.08 bits per heavy atom. The molecule has 3 fully saturated rings. The highest BCUT2D eigenvalue weighted by Gasteiger charge is 2.56. The smallest absolute Gasteiger partial charge is 0.211 e. The Kier molecular flexibility index (Phi) is 1.85. The third-order valence-electron chi connectivity index (χ3n) is 4.53. The first-order valence-corrected chi connectivity index (χ1v) is 5.14. The Morgan fingerprint density at radius 3 is 2.54 bits per heavy atom. The molecule has 0 unspecified atom stereocenters. The maximum Gasteiger partial charge on any atom is 0.235 e. The molecule has 0 amide bonds. The van der Waals surface area contributed by atoms with Gasteiger partial charge in [0, 0.05) is 0 Å². The Hall–Kier alpha value is -0.620. The van der Waals surface area contributed by atoms with Crippen LogP contribution in [0.4, 0.5) is 0 Å². The van der Waals surface area contributed by atoms with Crippen molar-refractivity contribution >= 4 is 6.08 Å². The molecule has 72 valence electrons. The van der Waals surface area contributed by atoms with Crippen LogP contribution in [-0.2, 0) is 4.79 Å². The molecule has 3 saturated carbocycles. The van der Waals surface area contributed by atoms with Gasteiger partial charge in [-0.15, -0.1) is 0 Å². The standard InChI is InChI=1S/C11H17NO/c1-7-9-4-8(11(9,2)3)5-10(7)12-6-13/h7-10H,4-5H2,1-3H3/t7-,8-,9-,10-/m0/s1. The van der Waals surface area contributed by atoms with Crippen molar-refractivity contribution in [3.8, 4) is 0 Å². The highest BCUT2D eigenvalue weighted by atomic mass is 16.1. The fourth-order valence-electron chi connectivity index (χ4n) is 3.36. The lowest BCUT2D eigenvalue weighted by atomic mass is 9.45. The molecule has 2 heteroatoms. The Bertz CT molecular complexity index is 265. The number of hydrogen-bond acceptors (Lipinski definition) is 2. The first-order valence-electron chi connectivity index (χ1n) is 5.14. The summed E-state index contributed by atoms with van der Waals surface area (Å²) < 4.78 is 0. The average Bonchev–Trinajstić information content (AvgIpc) is 2.08. The summed E-state index contributed by atoms with van der Waals surface area (Å²) in [6, 6.07) is 0.259. The van der Waals surface area contributed by atoms with Crippen molar-refractivity contribution < 1.29 is 4.79 Å². The first kappa shape index (κ1) is 8.96. The lowest BCUT2D eigenvalue weighted by Crippen LogP contribution is -2.56.